The van der Waals surface area contributed by atoms with E-state index in [1.807, 2.05) is 24.3 Å². The van der Waals surface area contributed by atoms with E-state index in [0.717, 1.165) is 35.3 Å². The number of aromatic hydroxyl groups is 1. The zero-order chi connectivity index (χ0) is 13.9. The van der Waals surface area contributed by atoms with Gasteiger partial charge in [-0.2, -0.15) is 0 Å². The number of phenolic OH excluding ortho intramolecular Hbond substituents is 1. The van der Waals surface area contributed by atoms with Crippen molar-refractivity contribution in [1.29, 1.82) is 0 Å². The summed E-state index contributed by atoms with van der Waals surface area (Å²) in [6, 6.07) is 12.6. The Labute approximate surface area is 117 Å². The molecule has 2 aromatic carbocycles. The first kappa shape index (κ1) is 12.7. The molecule has 0 aliphatic heterocycles. The zero-order valence-corrected chi connectivity index (χ0v) is 11.1. The molecule has 1 aliphatic carbocycles. The van der Waals surface area contributed by atoms with Crippen molar-refractivity contribution in [3.8, 4) is 11.5 Å². The van der Waals surface area contributed by atoms with Crippen LogP contribution in [-0.4, -0.2) is 10.9 Å². The minimum Gasteiger partial charge on any atom is -0.508 e. The second kappa shape index (κ2) is 5.37. The fraction of sp³-hybridized carbons (Fsp3) is 0.235. The van der Waals surface area contributed by atoms with Crippen molar-refractivity contribution in [2.45, 2.75) is 25.9 Å². The molecule has 0 spiro atoms. The van der Waals surface area contributed by atoms with Gasteiger partial charge in [-0.3, -0.25) is 4.79 Å². The van der Waals surface area contributed by atoms with Gasteiger partial charge in [-0.15, -0.1) is 0 Å². The van der Waals surface area contributed by atoms with Gasteiger partial charge in [0.2, 0.25) is 0 Å². The van der Waals surface area contributed by atoms with Crippen LogP contribution >= 0.6 is 0 Å². The van der Waals surface area contributed by atoms with Crippen molar-refractivity contribution in [2.75, 3.05) is 0 Å². The molecule has 0 heterocycles. The first-order valence-electron chi connectivity index (χ1n) is 6.80. The number of carbonyl (C=O) groups is 1. The normalized spacial score (nSPS) is 13.9. The standard InChI is InChI=1S/C17H16O3/c18-13-5-1-4-12(10-13)11-20-17-9-3-6-14-15(17)7-2-8-16(14)19/h1,3-6,9-10,18H,2,7-8,11H2. The smallest absolute Gasteiger partial charge is 0.163 e. The van der Waals surface area contributed by atoms with Crippen LogP contribution in [0, 0.1) is 0 Å². The second-order valence-electron chi connectivity index (χ2n) is 5.02. The predicted molar refractivity (Wildman–Crippen MR) is 76.1 cm³/mol. The average Bonchev–Trinajstić information content (AvgIpc) is 2.46. The van der Waals surface area contributed by atoms with E-state index in [1.54, 1.807) is 18.2 Å². The molecule has 3 heteroatoms. The zero-order valence-electron chi connectivity index (χ0n) is 11.1. The molecule has 0 aromatic heterocycles. The van der Waals surface area contributed by atoms with Crippen LogP contribution in [0.5, 0.6) is 11.5 Å². The van der Waals surface area contributed by atoms with E-state index in [-0.39, 0.29) is 11.5 Å². The van der Waals surface area contributed by atoms with Crippen molar-refractivity contribution in [1.82, 2.24) is 0 Å². The highest BCUT2D eigenvalue weighted by atomic mass is 16.5. The summed E-state index contributed by atoms with van der Waals surface area (Å²) in [6.07, 6.45) is 2.40. The Hall–Kier alpha value is -2.29. The maximum Gasteiger partial charge on any atom is 0.163 e. The highest BCUT2D eigenvalue weighted by molar-refractivity contribution is 5.99. The lowest BCUT2D eigenvalue weighted by atomic mass is 9.90. The molecule has 0 radical (unpaired) electrons. The summed E-state index contributed by atoms with van der Waals surface area (Å²) >= 11 is 0. The third kappa shape index (κ3) is 2.52. The van der Waals surface area contributed by atoms with Crippen LogP contribution in [0.1, 0.15) is 34.3 Å². The van der Waals surface area contributed by atoms with Crippen LogP contribution in [0.4, 0.5) is 0 Å². The van der Waals surface area contributed by atoms with E-state index < -0.39 is 0 Å². The number of fused-ring (bicyclic) bond motifs is 1. The minimum absolute atomic E-state index is 0.203. The lowest BCUT2D eigenvalue weighted by Gasteiger charge is -2.18. The molecule has 0 unspecified atom stereocenters. The molecule has 1 N–H and O–H groups in total. The minimum atomic E-state index is 0.203. The number of benzene rings is 2. The highest BCUT2D eigenvalue weighted by Gasteiger charge is 2.20. The van der Waals surface area contributed by atoms with Crippen LogP contribution in [-0.2, 0) is 13.0 Å². The molecule has 0 bridgehead atoms. The number of phenols is 1. The Morgan fingerprint density at radius 1 is 1.10 bits per heavy atom. The largest absolute Gasteiger partial charge is 0.508 e. The van der Waals surface area contributed by atoms with Gasteiger partial charge in [0.15, 0.2) is 5.78 Å². The molecule has 3 nitrogen and oxygen atoms in total. The van der Waals surface area contributed by atoms with E-state index in [2.05, 4.69) is 0 Å². The molecule has 20 heavy (non-hydrogen) atoms. The van der Waals surface area contributed by atoms with Gasteiger partial charge in [0.1, 0.15) is 18.1 Å². The number of hydrogen-bond acceptors (Lipinski definition) is 3. The molecule has 0 fully saturated rings. The molecule has 102 valence electrons. The number of ketones is 1. The first-order chi connectivity index (χ1) is 9.74. The fourth-order valence-electron chi connectivity index (χ4n) is 2.59. The maximum atomic E-state index is 11.9. The van der Waals surface area contributed by atoms with E-state index in [0.29, 0.717) is 13.0 Å². The van der Waals surface area contributed by atoms with Gasteiger partial charge in [0.25, 0.3) is 0 Å². The molecule has 2 aromatic rings. The number of ether oxygens (including phenoxy) is 1. The summed E-state index contributed by atoms with van der Waals surface area (Å²) in [5, 5.41) is 9.44. The summed E-state index contributed by atoms with van der Waals surface area (Å²) in [6.45, 7) is 0.388. The Morgan fingerprint density at radius 2 is 1.95 bits per heavy atom. The van der Waals surface area contributed by atoms with E-state index in [9.17, 15) is 9.90 Å². The topological polar surface area (TPSA) is 46.5 Å². The maximum absolute atomic E-state index is 11.9. The molecule has 0 amide bonds. The molecular weight excluding hydrogens is 252 g/mol. The average molecular weight is 268 g/mol. The number of hydrogen-bond donors (Lipinski definition) is 1. The van der Waals surface area contributed by atoms with Crippen LogP contribution in [0.25, 0.3) is 0 Å². The van der Waals surface area contributed by atoms with Gasteiger partial charge in [-0.25, -0.2) is 0 Å². The van der Waals surface area contributed by atoms with Gasteiger partial charge < -0.3 is 9.84 Å². The van der Waals surface area contributed by atoms with Gasteiger partial charge in [0, 0.05) is 17.5 Å². The van der Waals surface area contributed by atoms with Crippen molar-refractivity contribution >= 4 is 5.78 Å². The lowest BCUT2D eigenvalue weighted by molar-refractivity contribution is 0.0971. The Balaban J connectivity index is 1.81. The Kier molecular flexibility index (Phi) is 3.42. The van der Waals surface area contributed by atoms with Gasteiger partial charge >= 0.3 is 0 Å². The highest BCUT2D eigenvalue weighted by Crippen LogP contribution is 2.30. The number of rotatable bonds is 3. The lowest BCUT2D eigenvalue weighted by Crippen LogP contribution is -2.12. The second-order valence-corrected chi connectivity index (χ2v) is 5.02. The van der Waals surface area contributed by atoms with E-state index in [4.69, 9.17) is 4.74 Å². The molecule has 3 rings (SSSR count). The van der Waals surface area contributed by atoms with E-state index >= 15 is 0 Å². The third-order valence-corrected chi connectivity index (χ3v) is 3.57. The van der Waals surface area contributed by atoms with Crippen LogP contribution < -0.4 is 4.74 Å². The summed E-state index contributed by atoms with van der Waals surface area (Å²) in [4.78, 5) is 11.9. The van der Waals surface area contributed by atoms with Crippen LogP contribution in [0.15, 0.2) is 42.5 Å². The summed E-state index contributed by atoms with van der Waals surface area (Å²) in [7, 11) is 0. The van der Waals surface area contributed by atoms with Crippen molar-refractivity contribution in [3.63, 3.8) is 0 Å². The quantitative estimate of drug-likeness (QED) is 0.926. The van der Waals surface area contributed by atoms with E-state index in [1.165, 1.54) is 0 Å². The fourth-order valence-corrected chi connectivity index (χ4v) is 2.59. The SMILES string of the molecule is O=C1CCCc2c(OCc3cccc(O)c3)cccc21. The van der Waals surface area contributed by atoms with Crippen molar-refractivity contribution < 1.29 is 14.6 Å². The van der Waals surface area contributed by atoms with Gasteiger partial charge in [0.05, 0.1) is 0 Å². The summed E-state index contributed by atoms with van der Waals surface area (Å²) in [5.41, 5.74) is 2.72. The van der Waals surface area contributed by atoms with Crippen molar-refractivity contribution in [2.24, 2.45) is 0 Å². The molecule has 0 atom stereocenters. The van der Waals surface area contributed by atoms with Crippen LogP contribution in [0.2, 0.25) is 0 Å². The number of carbonyl (C=O) groups excluding carboxylic acids is 1. The molecule has 0 saturated heterocycles. The molecule has 1 aliphatic rings. The predicted octanol–water partition coefficient (Wildman–Crippen LogP) is 3.49. The first-order valence-corrected chi connectivity index (χ1v) is 6.80. The monoisotopic (exact) mass is 268 g/mol. The summed E-state index contributed by atoms with van der Waals surface area (Å²) in [5.74, 6) is 1.21. The Morgan fingerprint density at radius 3 is 2.80 bits per heavy atom. The molecular formula is C17H16O3. The van der Waals surface area contributed by atoms with Crippen molar-refractivity contribution in [3.05, 3.63) is 59.2 Å². The third-order valence-electron chi connectivity index (χ3n) is 3.57. The van der Waals surface area contributed by atoms with Crippen LogP contribution in [0.3, 0.4) is 0 Å². The number of Topliss-reactive ketones (excluding diaryl/α,β-unsaturated/α-hetero) is 1. The van der Waals surface area contributed by atoms with Gasteiger partial charge in [-0.05, 0) is 36.6 Å². The Bertz CT molecular complexity index is 646. The summed E-state index contributed by atoms with van der Waals surface area (Å²) < 4.78 is 5.83. The molecule has 0 saturated carbocycles. The van der Waals surface area contributed by atoms with Gasteiger partial charge in [-0.1, -0.05) is 24.3 Å².